The summed E-state index contributed by atoms with van der Waals surface area (Å²) in [6.45, 7) is 11.1. The number of aromatic nitrogens is 1. The summed E-state index contributed by atoms with van der Waals surface area (Å²) in [4.78, 5) is 15.2. The van der Waals surface area contributed by atoms with Crippen LogP contribution in [0, 0.1) is 12.8 Å². The van der Waals surface area contributed by atoms with Crippen molar-refractivity contribution in [1.82, 2.24) is 4.98 Å². The summed E-state index contributed by atoms with van der Waals surface area (Å²) >= 11 is 0. The molecule has 0 saturated carbocycles. The highest BCUT2D eigenvalue weighted by Crippen LogP contribution is 2.28. The second kappa shape index (κ2) is 15.3. The number of aromatic amines is 1. The topological polar surface area (TPSA) is 141 Å². The van der Waals surface area contributed by atoms with Gasteiger partial charge in [-0.15, -0.1) is 0 Å². The first-order chi connectivity index (χ1) is 18.4. The van der Waals surface area contributed by atoms with Crippen molar-refractivity contribution in [2.24, 2.45) is 5.92 Å². The molecule has 1 aromatic rings. The fraction of sp³-hybridized carbons (Fsp3) is 0.567. The standard InChI is InChI=1S/C30H45NO8/c1-8-19(4)29(39-30-28(36)27(35)26(34)24(16-32)38-30)20(5)14-18(3)11-9-10-17(2)12-13-22-21(6)23(33)15-25(31-22)37-7/h8-9,11-12,14-15,20,24,26-30,32,34-36H,10,13,16H2,1-7H3,(H,31,33). The Morgan fingerprint density at radius 1 is 1.18 bits per heavy atom. The molecule has 1 fully saturated rings. The lowest BCUT2D eigenvalue weighted by atomic mass is 9.94. The van der Waals surface area contributed by atoms with Gasteiger partial charge < -0.3 is 39.6 Å². The molecular weight excluding hydrogens is 502 g/mol. The zero-order valence-electron chi connectivity index (χ0n) is 24.0. The fourth-order valence-electron chi connectivity index (χ4n) is 4.45. The predicted molar refractivity (Wildman–Crippen MR) is 151 cm³/mol. The molecule has 7 unspecified atom stereocenters. The number of hydrogen-bond acceptors (Lipinski definition) is 8. The minimum Gasteiger partial charge on any atom is -0.482 e. The van der Waals surface area contributed by atoms with Gasteiger partial charge in [-0.25, -0.2) is 0 Å². The van der Waals surface area contributed by atoms with Crippen LogP contribution in [-0.4, -0.2) is 75.9 Å². The van der Waals surface area contributed by atoms with Crippen LogP contribution < -0.4 is 10.2 Å². The Labute approximate surface area is 231 Å². The van der Waals surface area contributed by atoms with Crippen LogP contribution in [0.5, 0.6) is 5.88 Å². The molecule has 1 aliphatic heterocycles. The quantitative estimate of drug-likeness (QED) is 0.199. The third-order valence-electron chi connectivity index (χ3n) is 7.09. The number of ether oxygens (including phenoxy) is 3. The highest BCUT2D eigenvalue weighted by Gasteiger charge is 2.45. The average molecular weight is 548 g/mol. The second-order valence-electron chi connectivity index (χ2n) is 10.2. The Hall–Kier alpha value is -2.53. The van der Waals surface area contributed by atoms with Crippen LogP contribution >= 0.6 is 0 Å². The predicted octanol–water partition coefficient (Wildman–Crippen LogP) is 2.86. The van der Waals surface area contributed by atoms with Gasteiger partial charge in [-0.3, -0.25) is 4.79 Å². The molecule has 0 radical (unpaired) electrons. The number of rotatable bonds is 12. The van der Waals surface area contributed by atoms with E-state index in [1.54, 1.807) is 6.92 Å². The zero-order valence-corrected chi connectivity index (χ0v) is 24.0. The average Bonchev–Trinajstić information content (AvgIpc) is 2.91. The highest BCUT2D eigenvalue weighted by atomic mass is 16.7. The van der Waals surface area contributed by atoms with Crippen LogP contribution in [0.2, 0.25) is 0 Å². The van der Waals surface area contributed by atoms with Crippen LogP contribution in [-0.2, 0) is 15.9 Å². The molecule has 1 saturated heterocycles. The molecule has 0 spiro atoms. The van der Waals surface area contributed by atoms with Crippen LogP contribution in [0.1, 0.15) is 52.3 Å². The molecule has 0 bridgehead atoms. The van der Waals surface area contributed by atoms with E-state index in [0.717, 1.165) is 28.8 Å². The van der Waals surface area contributed by atoms with Crippen molar-refractivity contribution in [3.8, 4) is 5.88 Å². The van der Waals surface area contributed by atoms with Gasteiger partial charge in [0.15, 0.2) is 17.6 Å². The summed E-state index contributed by atoms with van der Waals surface area (Å²) in [6, 6.07) is 1.45. The second-order valence-corrected chi connectivity index (χ2v) is 10.2. The van der Waals surface area contributed by atoms with Crippen molar-refractivity contribution >= 4 is 0 Å². The van der Waals surface area contributed by atoms with Gasteiger partial charge in [-0.1, -0.05) is 48.5 Å². The number of aliphatic hydroxyl groups is 4. The van der Waals surface area contributed by atoms with Crippen molar-refractivity contribution in [3.05, 3.63) is 74.6 Å². The summed E-state index contributed by atoms with van der Waals surface area (Å²) in [5.74, 6) is 0.339. The van der Waals surface area contributed by atoms with E-state index in [0.29, 0.717) is 17.9 Å². The minimum absolute atomic E-state index is 0.0524. The molecule has 39 heavy (non-hydrogen) atoms. The van der Waals surface area contributed by atoms with E-state index in [1.807, 2.05) is 46.8 Å². The molecule has 2 rings (SSSR count). The summed E-state index contributed by atoms with van der Waals surface area (Å²) in [5.41, 5.74) is 4.55. The number of pyridine rings is 1. The summed E-state index contributed by atoms with van der Waals surface area (Å²) in [7, 11) is 1.52. The number of allylic oxidation sites excluding steroid dienone is 6. The van der Waals surface area contributed by atoms with Gasteiger partial charge in [0.1, 0.15) is 24.4 Å². The first kappa shape index (κ1) is 32.7. The Morgan fingerprint density at radius 2 is 1.87 bits per heavy atom. The number of nitrogens with one attached hydrogen (secondary N) is 1. The molecule has 5 N–H and O–H groups in total. The molecule has 218 valence electrons. The van der Waals surface area contributed by atoms with E-state index in [9.17, 15) is 25.2 Å². The van der Waals surface area contributed by atoms with Crippen molar-refractivity contribution in [2.45, 2.75) is 91.2 Å². The molecule has 1 aromatic heterocycles. The molecule has 9 heteroatoms. The SMILES string of the molecule is CC=C(C)C(OC1OC(CO)C(O)C(O)C1O)C(C)C=C(C)C=CCC(C)=CCc1[nH]c(OC)cc(=O)c1C. The van der Waals surface area contributed by atoms with Gasteiger partial charge in [0.25, 0.3) is 0 Å². The third-order valence-corrected chi connectivity index (χ3v) is 7.09. The monoisotopic (exact) mass is 547 g/mol. The fourth-order valence-corrected chi connectivity index (χ4v) is 4.45. The van der Waals surface area contributed by atoms with Gasteiger partial charge >= 0.3 is 0 Å². The van der Waals surface area contributed by atoms with Gasteiger partial charge in [0, 0.05) is 29.7 Å². The number of methoxy groups -OCH3 is 1. The lowest BCUT2D eigenvalue weighted by Crippen LogP contribution is -2.60. The van der Waals surface area contributed by atoms with Crippen molar-refractivity contribution in [1.29, 1.82) is 0 Å². The van der Waals surface area contributed by atoms with Crippen molar-refractivity contribution in [2.75, 3.05) is 13.7 Å². The van der Waals surface area contributed by atoms with Gasteiger partial charge in [0.2, 0.25) is 0 Å². The Bertz CT molecular complexity index is 1120. The largest absolute Gasteiger partial charge is 0.482 e. The minimum atomic E-state index is -1.49. The molecule has 2 heterocycles. The van der Waals surface area contributed by atoms with E-state index in [4.69, 9.17) is 14.2 Å². The maximum atomic E-state index is 12.1. The summed E-state index contributed by atoms with van der Waals surface area (Å²) in [5, 5.41) is 40.1. The maximum Gasteiger partial charge on any atom is 0.194 e. The van der Waals surface area contributed by atoms with Crippen molar-refractivity contribution < 1.29 is 34.6 Å². The molecule has 0 aromatic carbocycles. The zero-order chi connectivity index (χ0) is 29.3. The Kier molecular flexibility index (Phi) is 12.8. The third kappa shape index (κ3) is 8.99. The molecule has 0 aliphatic carbocycles. The van der Waals surface area contributed by atoms with Crippen LogP contribution in [0.4, 0.5) is 0 Å². The van der Waals surface area contributed by atoms with E-state index >= 15 is 0 Å². The first-order valence-electron chi connectivity index (χ1n) is 13.3. The molecule has 1 aliphatic rings. The number of H-pyrrole nitrogens is 1. The Balaban J connectivity index is 2.06. The van der Waals surface area contributed by atoms with E-state index in [2.05, 4.69) is 23.2 Å². The molecule has 7 atom stereocenters. The van der Waals surface area contributed by atoms with Crippen LogP contribution in [0.15, 0.2) is 58.0 Å². The number of aliphatic hydroxyl groups excluding tert-OH is 4. The maximum absolute atomic E-state index is 12.1. The van der Waals surface area contributed by atoms with Crippen LogP contribution in [0.25, 0.3) is 0 Å². The van der Waals surface area contributed by atoms with E-state index in [-0.39, 0.29) is 11.3 Å². The number of hydrogen-bond donors (Lipinski definition) is 5. The molecular formula is C30H45NO8. The summed E-state index contributed by atoms with van der Waals surface area (Å²) in [6.07, 6.45) is 4.42. The molecule has 9 nitrogen and oxygen atoms in total. The van der Waals surface area contributed by atoms with Gasteiger partial charge in [-0.05, 0) is 46.6 Å². The summed E-state index contributed by atoms with van der Waals surface area (Å²) < 4.78 is 16.8. The van der Waals surface area contributed by atoms with Crippen LogP contribution in [0.3, 0.4) is 0 Å². The first-order valence-corrected chi connectivity index (χ1v) is 13.3. The van der Waals surface area contributed by atoms with E-state index in [1.165, 1.54) is 13.2 Å². The molecule has 0 amide bonds. The van der Waals surface area contributed by atoms with Crippen molar-refractivity contribution in [3.63, 3.8) is 0 Å². The lowest BCUT2D eigenvalue weighted by molar-refractivity contribution is -0.310. The normalized spacial score (nSPS) is 26.6. The Morgan fingerprint density at radius 3 is 2.49 bits per heavy atom. The van der Waals surface area contributed by atoms with E-state index < -0.39 is 43.4 Å². The smallest absolute Gasteiger partial charge is 0.194 e. The lowest BCUT2D eigenvalue weighted by Gasteiger charge is -2.41. The highest BCUT2D eigenvalue weighted by molar-refractivity contribution is 5.27. The van der Waals surface area contributed by atoms with Gasteiger partial charge in [-0.2, -0.15) is 0 Å². The van der Waals surface area contributed by atoms with Gasteiger partial charge in [0.05, 0.1) is 19.8 Å².